The lowest BCUT2D eigenvalue weighted by molar-refractivity contribution is -0.101. The van der Waals surface area contributed by atoms with Crippen molar-refractivity contribution in [2.24, 2.45) is 5.73 Å². The number of nitrogens with two attached hydrogens (primary N) is 1. The molecule has 0 saturated carbocycles. The highest BCUT2D eigenvalue weighted by Crippen LogP contribution is 2.42. The molecule has 3 amide bonds. The SMILES string of the molecule is C[C@@H](c1ccc(C#CC(C)(C)NC(N)=O)cc1)N1CCC(CC(C)(C)O)(c2ccccc2)OC1=O. The van der Waals surface area contributed by atoms with Crippen LogP contribution in [-0.4, -0.2) is 39.8 Å². The summed E-state index contributed by atoms with van der Waals surface area (Å²) < 4.78 is 6.08. The number of carbonyl (C=O) groups is 2. The number of hydrogen-bond acceptors (Lipinski definition) is 4. The van der Waals surface area contributed by atoms with Crippen molar-refractivity contribution >= 4 is 12.1 Å². The molecular weight excluding hydrogens is 442 g/mol. The number of nitrogens with zero attached hydrogens (tertiary/aromatic N) is 1. The average Bonchev–Trinajstić information content (AvgIpc) is 2.76. The molecule has 0 spiro atoms. The van der Waals surface area contributed by atoms with Gasteiger partial charge in [-0.3, -0.25) is 0 Å². The minimum atomic E-state index is -0.998. The lowest BCUT2D eigenvalue weighted by atomic mass is 9.80. The Morgan fingerprint density at radius 3 is 2.34 bits per heavy atom. The highest BCUT2D eigenvalue weighted by molar-refractivity contribution is 5.73. The predicted molar refractivity (Wildman–Crippen MR) is 135 cm³/mol. The van der Waals surface area contributed by atoms with E-state index in [0.717, 1.165) is 16.7 Å². The van der Waals surface area contributed by atoms with E-state index in [4.69, 9.17) is 10.5 Å². The van der Waals surface area contributed by atoms with Crippen LogP contribution in [0.15, 0.2) is 54.6 Å². The first-order valence-electron chi connectivity index (χ1n) is 11.8. The summed E-state index contributed by atoms with van der Waals surface area (Å²) in [5.41, 5.74) is 5.20. The Kier molecular flexibility index (Phi) is 7.47. The largest absolute Gasteiger partial charge is 0.438 e. The maximum atomic E-state index is 13.2. The summed E-state index contributed by atoms with van der Waals surface area (Å²) >= 11 is 0. The van der Waals surface area contributed by atoms with Gasteiger partial charge < -0.3 is 25.8 Å². The molecule has 1 heterocycles. The molecule has 2 atom stereocenters. The highest BCUT2D eigenvalue weighted by atomic mass is 16.6. The molecule has 1 aliphatic heterocycles. The average molecular weight is 478 g/mol. The van der Waals surface area contributed by atoms with E-state index in [9.17, 15) is 14.7 Å². The molecule has 7 nitrogen and oxygen atoms in total. The monoisotopic (exact) mass is 477 g/mol. The molecule has 3 rings (SSSR count). The lowest BCUT2D eigenvalue weighted by Gasteiger charge is -2.45. The molecule has 1 aliphatic rings. The van der Waals surface area contributed by atoms with Crippen LogP contribution in [0.3, 0.4) is 0 Å². The van der Waals surface area contributed by atoms with E-state index in [1.165, 1.54) is 0 Å². The Hall–Kier alpha value is -3.50. The molecule has 35 heavy (non-hydrogen) atoms. The van der Waals surface area contributed by atoms with Gasteiger partial charge in [0.15, 0.2) is 0 Å². The molecule has 1 unspecified atom stereocenters. The van der Waals surface area contributed by atoms with Crippen molar-refractivity contribution in [3.05, 3.63) is 71.3 Å². The number of primary amides is 1. The fourth-order valence-corrected chi connectivity index (χ4v) is 4.48. The number of benzene rings is 2. The molecule has 186 valence electrons. The van der Waals surface area contributed by atoms with E-state index < -0.39 is 28.9 Å². The van der Waals surface area contributed by atoms with Crippen LogP contribution in [0.1, 0.15) is 70.2 Å². The van der Waals surface area contributed by atoms with Gasteiger partial charge in [0, 0.05) is 24.9 Å². The first-order valence-corrected chi connectivity index (χ1v) is 11.8. The second-order valence-corrected chi connectivity index (χ2v) is 10.3. The molecular formula is C28H35N3O4. The number of cyclic esters (lactones) is 1. The fraction of sp³-hybridized carbons (Fsp3) is 0.429. The van der Waals surface area contributed by atoms with Crippen molar-refractivity contribution in [1.29, 1.82) is 0 Å². The van der Waals surface area contributed by atoms with Crippen LogP contribution in [-0.2, 0) is 10.3 Å². The number of ether oxygens (including phenoxy) is 1. The van der Waals surface area contributed by atoms with Gasteiger partial charge in [-0.2, -0.15) is 0 Å². The van der Waals surface area contributed by atoms with Gasteiger partial charge in [-0.1, -0.05) is 54.3 Å². The number of aliphatic hydroxyl groups is 1. The minimum absolute atomic E-state index is 0.201. The second-order valence-electron chi connectivity index (χ2n) is 10.3. The summed E-state index contributed by atoms with van der Waals surface area (Å²) in [4.78, 5) is 26.0. The van der Waals surface area contributed by atoms with Gasteiger partial charge in [0.25, 0.3) is 0 Å². The van der Waals surface area contributed by atoms with Gasteiger partial charge in [-0.15, -0.1) is 0 Å². The Balaban J connectivity index is 1.75. The van der Waals surface area contributed by atoms with Crippen molar-refractivity contribution < 1.29 is 19.4 Å². The predicted octanol–water partition coefficient (Wildman–Crippen LogP) is 4.44. The number of hydrogen-bond donors (Lipinski definition) is 3. The van der Waals surface area contributed by atoms with Gasteiger partial charge in [-0.25, -0.2) is 9.59 Å². The van der Waals surface area contributed by atoms with E-state index in [0.29, 0.717) is 19.4 Å². The van der Waals surface area contributed by atoms with Gasteiger partial charge in [-0.05, 0) is 57.9 Å². The molecule has 4 N–H and O–H groups in total. The third kappa shape index (κ3) is 6.77. The zero-order valence-corrected chi connectivity index (χ0v) is 21.1. The Morgan fingerprint density at radius 2 is 1.80 bits per heavy atom. The van der Waals surface area contributed by atoms with Crippen LogP contribution in [0, 0.1) is 11.8 Å². The Labute approximate surface area is 207 Å². The molecule has 1 fully saturated rings. The molecule has 0 aliphatic carbocycles. The molecule has 7 heteroatoms. The molecule has 2 aromatic rings. The fourth-order valence-electron chi connectivity index (χ4n) is 4.48. The molecule has 1 saturated heterocycles. The maximum absolute atomic E-state index is 13.2. The summed E-state index contributed by atoms with van der Waals surface area (Å²) in [5.74, 6) is 6.05. The Bertz CT molecular complexity index is 1110. The van der Waals surface area contributed by atoms with Crippen LogP contribution in [0.5, 0.6) is 0 Å². The zero-order chi connectivity index (χ0) is 25.9. The number of urea groups is 1. The van der Waals surface area contributed by atoms with Gasteiger partial charge >= 0.3 is 12.1 Å². The molecule has 0 bridgehead atoms. The van der Waals surface area contributed by atoms with Gasteiger partial charge in [0.2, 0.25) is 0 Å². The normalized spacial score (nSPS) is 19.3. The standard InChI is InChI=1S/C28H35N3O4/c1-20(22-13-11-21(12-14-22)15-16-26(2,3)30-24(29)32)31-18-17-28(35-25(31)33,19-27(4,5)34)23-9-7-6-8-10-23/h6-14,20,34H,17-19H2,1-5H3,(H3,29,30,32)/t20-,28?/m0/s1. The molecule has 2 aromatic carbocycles. The first kappa shape index (κ1) is 26.1. The van der Waals surface area contributed by atoms with E-state index >= 15 is 0 Å². The lowest BCUT2D eigenvalue weighted by Crippen LogP contribution is -2.51. The summed E-state index contributed by atoms with van der Waals surface area (Å²) in [6.07, 6.45) is 0.481. The van der Waals surface area contributed by atoms with E-state index in [1.807, 2.05) is 61.5 Å². The van der Waals surface area contributed by atoms with Crippen molar-refractivity contribution in [2.45, 2.75) is 70.2 Å². The summed E-state index contributed by atoms with van der Waals surface area (Å²) in [5, 5.41) is 13.1. The van der Waals surface area contributed by atoms with Gasteiger partial charge in [0.05, 0.1) is 17.2 Å². The summed E-state index contributed by atoms with van der Waals surface area (Å²) in [6, 6.07) is 16.5. The van der Waals surface area contributed by atoms with E-state index in [2.05, 4.69) is 17.2 Å². The number of carbonyl (C=O) groups excluding carboxylic acids is 2. The number of amides is 3. The number of rotatable bonds is 6. The quantitative estimate of drug-likeness (QED) is 0.535. The van der Waals surface area contributed by atoms with Crippen LogP contribution >= 0.6 is 0 Å². The third-order valence-corrected chi connectivity index (χ3v) is 6.11. The maximum Gasteiger partial charge on any atom is 0.411 e. The van der Waals surface area contributed by atoms with Crippen LogP contribution in [0.4, 0.5) is 9.59 Å². The highest BCUT2D eigenvalue weighted by Gasteiger charge is 2.46. The van der Waals surface area contributed by atoms with Crippen molar-refractivity contribution in [2.75, 3.05) is 6.54 Å². The smallest absolute Gasteiger partial charge is 0.411 e. The molecule has 0 aromatic heterocycles. The Morgan fingerprint density at radius 1 is 1.17 bits per heavy atom. The van der Waals surface area contributed by atoms with Crippen molar-refractivity contribution in [3.63, 3.8) is 0 Å². The van der Waals surface area contributed by atoms with Crippen LogP contribution < -0.4 is 11.1 Å². The first-order chi connectivity index (χ1) is 16.3. The van der Waals surface area contributed by atoms with E-state index in [1.54, 1.807) is 32.6 Å². The minimum Gasteiger partial charge on any atom is -0.438 e. The van der Waals surface area contributed by atoms with Crippen molar-refractivity contribution in [1.82, 2.24) is 10.2 Å². The topological polar surface area (TPSA) is 105 Å². The summed E-state index contributed by atoms with van der Waals surface area (Å²) in [6.45, 7) is 9.48. The van der Waals surface area contributed by atoms with E-state index in [-0.39, 0.29) is 6.04 Å². The summed E-state index contributed by atoms with van der Waals surface area (Å²) in [7, 11) is 0. The zero-order valence-electron chi connectivity index (χ0n) is 21.1. The third-order valence-electron chi connectivity index (χ3n) is 6.11. The van der Waals surface area contributed by atoms with Crippen LogP contribution in [0.2, 0.25) is 0 Å². The molecule has 0 radical (unpaired) electrons. The second kappa shape index (κ2) is 10.0. The van der Waals surface area contributed by atoms with Gasteiger partial charge in [0.1, 0.15) is 5.60 Å². The van der Waals surface area contributed by atoms with Crippen LogP contribution in [0.25, 0.3) is 0 Å². The number of nitrogens with one attached hydrogen (secondary N) is 1. The van der Waals surface area contributed by atoms with Crippen molar-refractivity contribution in [3.8, 4) is 11.8 Å².